The highest BCUT2D eigenvalue weighted by atomic mass is 35.5. The predicted molar refractivity (Wildman–Crippen MR) is 172 cm³/mol. The van der Waals surface area contributed by atoms with E-state index in [0.29, 0.717) is 58.1 Å². The standard InChI is InChI=1S/C34H30ClN5O7/c35-27-9-24(15-40-34(17-41,18-42)19-43)29(46-16-22-8-21(12-36)13-37-14-22)11-30(27)47-33-26-3-1-2-25(32(26)38-20-39-33)23-4-5-28-31(10-23)45-7-6-44-28/h1-5,8-11,13-14,20,40-43H,6-7,15-19H2. The first-order valence-corrected chi connectivity index (χ1v) is 15.0. The molecule has 6 rings (SSSR count). The molecule has 3 aromatic carbocycles. The van der Waals surface area contributed by atoms with Crippen LogP contribution in [-0.4, -0.2) is 68.8 Å². The van der Waals surface area contributed by atoms with Crippen LogP contribution in [0.3, 0.4) is 0 Å². The highest BCUT2D eigenvalue weighted by Gasteiger charge is 2.28. The number of aliphatic hydroxyl groups is 3. The lowest BCUT2D eigenvalue weighted by Gasteiger charge is -2.29. The van der Waals surface area contributed by atoms with Gasteiger partial charge in [0.1, 0.15) is 38.0 Å². The molecule has 4 N–H and O–H groups in total. The van der Waals surface area contributed by atoms with Crippen molar-refractivity contribution in [1.82, 2.24) is 20.3 Å². The highest BCUT2D eigenvalue weighted by Crippen LogP contribution is 2.40. The first kappa shape index (κ1) is 31.9. The Morgan fingerprint density at radius 2 is 1.74 bits per heavy atom. The summed E-state index contributed by atoms with van der Waals surface area (Å²) in [5.41, 5.74) is 2.65. The van der Waals surface area contributed by atoms with E-state index in [1.165, 1.54) is 12.5 Å². The molecule has 0 fully saturated rings. The van der Waals surface area contributed by atoms with Gasteiger partial charge >= 0.3 is 0 Å². The Morgan fingerprint density at radius 3 is 2.53 bits per heavy atom. The molecule has 0 aliphatic carbocycles. The Hall–Kier alpha value is -5.03. The molecular weight excluding hydrogens is 626 g/mol. The van der Waals surface area contributed by atoms with E-state index in [1.54, 1.807) is 24.4 Å². The van der Waals surface area contributed by atoms with Gasteiger partial charge in [-0.05, 0) is 35.9 Å². The van der Waals surface area contributed by atoms with Crippen LogP contribution in [0.4, 0.5) is 0 Å². The van der Waals surface area contributed by atoms with Gasteiger partial charge in [-0.3, -0.25) is 4.98 Å². The van der Waals surface area contributed by atoms with Gasteiger partial charge in [0.2, 0.25) is 5.88 Å². The SMILES string of the molecule is N#Cc1cncc(COc2cc(Oc3ncnc4c(-c5ccc6c(c5)OCCO6)cccc34)c(Cl)cc2CNC(CO)(CO)CO)c1. The van der Waals surface area contributed by atoms with Gasteiger partial charge in [0.15, 0.2) is 17.2 Å². The molecule has 240 valence electrons. The maximum Gasteiger partial charge on any atom is 0.230 e. The van der Waals surface area contributed by atoms with E-state index in [4.69, 9.17) is 30.5 Å². The zero-order valence-electron chi connectivity index (χ0n) is 25.0. The quantitative estimate of drug-likeness (QED) is 0.151. The fourth-order valence-corrected chi connectivity index (χ4v) is 5.23. The van der Waals surface area contributed by atoms with Crippen molar-refractivity contribution in [3.05, 3.63) is 95.0 Å². The average molecular weight is 656 g/mol. The predicted octanol–water partition coefficient (Wildman–Crippen LogP) is 4.16. The second-order valence-corrected chi connectivity index (χ2v) is 11.2. The number of hydrogen-bond acceptors (Lipinski definition) is 12. The van der Waals surface area contributed by atoms with Gasteiger partial charge in [0.05, 0.1) is 46.8 Å². The second-order valence-electron chi connectivity index (χ2n) is 10.8. The number of aromatic nitrogens is 3. The Balaban J connectivity index is 1.34. The molecule has 0 bridgehead atoms. The van der Waals surface area contributed by atoms with Crippen molar-refractivity contribution in [2.45, 2.75) is 18.7 Å². The minimum Gasteiger partial charge on any atom is -0.488 e. The van der Waals surface area contributed by atoms with Gasteiger partial charge in [-0.2, -0.15) is 5.26 Å². The van der Waals surface area contributed by atoms with Crippen LogP contribution in [0, 0.1) is 11.3 Å². The number of rotatable bonds is 12. The van der Waals surface area contributed by atoms with Crippen molar-refractivity contribution in [3.8, 4) is 46.1 Å². The zero-order valence-corrected chi connectivity index (χ0v) is 25.8. The molecule has 0 radical (unpaired) electrons. The number of hydrogen-bond donors (Lipinski definition) is 4. The summed E-state index contributed by atoms with van der Waals surface area (Å²) >= 11 is 6.73. The molecule has 0 spiro atoms. The van der Waals surface area contributed by atoms with Crippen molar-refractivity contribution in [1.29, 1.82) is 5.26 Å². The number of para-hydroxylation sites is 1. The minimum atomic E-state index is -1.33. The van der Waals surface area contributed by atoms with Crippen molar-refractivity contribution >= 4 is 22.5 Å². The van der Waals surface area contributed by atoms with Gasteiger partial charge in [-0.15, -0.1) is 0 Å². The van der Waals surface area contributed by atoms with E-state index in [2.05, 4.69) is 26.3 Å². The third-order valence-electron chi connectivity index (χ3n) is 7.68. The summed E-state index contributed by atoms with van der Waals surface area (Å²) in [6, 6.07) is 18.4. The fraction of sp³-hybridized carbons (Fsp3) is 0.235. The number of ether oxygens (including phenoxy) is 4. The molecule has 0 atom stereocenters. The van der Waals surface area contributed by atoms with Crippen LogP contribution in [0.5, 0.6) is 28.9 Å². The summed E-state index contributed by atoms with van der Waals surface area (Å²) in [5, 5.41) is 42.5. The van der Waals surface area contributed by atoms with Crippen molar-refractivity contribution in [2.75, 3.05) is 33.0 Å². The lowest BCUT2D eigenvalue weighted by molar-refractivity contribution is 0.0412. The molecular formula is C34H30ClN5O7. The number of pyridine rings is 1. The highest BCUT2D eigenvalue weighted by molar-refractivity contribution is 6.32. The molecule has 0 amide bonds. The minimum absolute atomic E-state index is 0.0665. The van der Waals surface area contributed by atoms with E-state index in [9.17, 15) is 20.6 Å². The summed E-state index contributed by atoms with van der Waals surface area (Å²) in [4.78, 5) is 13.0. The summed E-state index contributed by atoms with van der Waals surface area (Å²) in [5.74, 6) is 2.22. The maximum atomic E-state index is 9.80. The zero-order chi connectivity index (χ0) is 32.8. The van der Waals surface area contributed by atoms with Crippen LogP contribution in [-0.2, 0) is 13.2 Å². The molecule has 5 aromatic rings. The number of halogens is 1. The molecule has 1 aliphatic heterocycles. The largest absolute Gasteiger partial charge is 0.488 e. The van der Waals surface area contributed by atoms with E-state index < -0.39 is 25.4 Å². The average Bonchev–Trinajstić information content (AvgIpc) is 3.12. The lowest BCUT2D eigenvalue weighted by Crippen LogP contribution is -2.54. The van der Waals surface area contributed by atoms with E-state index in [-0.39, 0.29) is 29.8 Å². The topological polar surface area (TPSA) is 172 Å². The smallest absolute Gasteiger partial charge is 0.230 e. The lowest BCUT2D eigenvalue weighted by atomic mass is 10.0. The van der Waals surface area contributed by atoms with E-state index >= 15 is 0 Å². The third kappa shape index (κ3) is 6.90. The van der Waals surface area contributed by atoms with E-state index in [1.807, 2.05) is 36.4 Å². The Kier molecular flexibility index (Phi) is 9.63. The van der Waals surface area contributed by atoms with Crippen LogP contribution in [0.2, 0.25) is 5.02 Å². The first-order chi connectivity index (χ1) is 23.0. The maximum absolute atomic E-state index is 9.80. The van der Waals surface area contributed by atoms with Crippen LogP contribution < -0.4 is 24.3 Å². The molecule has 0 saturated heterocycles. The molecule has 2 aromatic heterocycles. The van der Waals surface area contributed by atoms with Gasteiger partial charge < -0.3 is 39.6 Å². The third-order valence-corrected chi connectivity index (χ3v) is 7.98. The number of aliphatic hydroxyl groups excluding tert-OH is 3. The van der Waals surface area contributed by atoms with Gasteiger partial charge in [-0.1, -0.05) is 29.8 Å². The molecule has 13 heteroatoms. The number of nitrogens with zero attached hydrogens (tertiary/aromatic N) is 4. The summed E-state index contributed by atoms with van der Waals surface area (Å²) < 4.78 is 23.9. The summed E-state index contributed by atoms with van der Waals surface area (Å²) in [7, 11) is 0. The number of fused-ring (bicyclic) bond motifs is 2. The molecule has 47 heavy (non-hydrogen) atoms. The van der Waals surface area contributed by atoms with E-state index in [0.717, 1.165) is 11.1 Å². The number of nitrogens with one attached hydrogen (secondary N) is 1. The Morgan fingerprint density at radius 1 is 0.936 bits per heavy atom. The molecule has 0 unspecified atom stereocenters. The van der Waals surface area contributed by atoms with Crippen molar-refractivity contribution in [3.63, 3.8) is 0 Å². The summed E-state index contributed by atoms with van der Waals surface area (Å²) in [6.07, 6.45) is 4.46. The Labute approximate surface area is 274 Å². The second kappa shape index (κ2) is 14.2. The summed E-state index contributed by atoms with van der Waals surface area (Å²) in [6.45, 7) is -0.407. The molecule has 1 aliphatic rings. The monoisotopic (exact) mass is 655 g/mol. The van der Waals surface area contributed by atoms with Gasteiger partial charge in [0, 0.05) is 41.7 Å². The molecule has 12 nitrogen and oxygen atoms in total. The molecule has 3 heterocycles. The van der Waals surface area contributed by atoms with Gasteiger partial charge in [0.25, 0.3) is 0 Å². The Bertz CT molecular complexity index is 1940. The van der Waals surface area contributed by atoms with Gasteiger partial charge in [-0.25, -0.2) is 9.97 Å². The van der Waals surface area contributed by atoms with Crippen LogP contribution in [0.25, 0.3) is 22.0 Å². The normalized spacial score (nSPS) is 12.5. The van der Waals surface area contributed by atoms with Crippen LogP contribution >= 0.6 is 11.6 Å². The first-order valence-electron chi connectivity index (χ1n) is 14.6. The number of nitriles is 1. The van der Waals surface area contributed by atoms with Crippen LogP contribution in [0.1, 0.15) is 16.7 Å². The fourth-order valence-electron chi connectivity index (χ4n) is 5.01. The van der Waals surface area contributed by atoms with Crippen molar-refractivity contribution < 1.29 is 34.3 Å². The number of benzene rings is 3. The van der Waals surface area contributed by atoms with Crippen LogP contribution in [0.15, 0.2) is 73.3 Å². The van der Waals surface area contributed by atoms with Crippen molar-refractivity contribution in [2.24, 2.45) is 0 Å². The molecule has 0 saturated carbocycles.